The molecule has 4 fully saturated rings. The topological polar surface area (TPSA) is 84.2 Å². The number of nitrogens with two attached hydrogens (primary N) is 1. The van der Waals surface area contributed by atoms with E-state index in [-0.39, 0.29) is 17.4 Å². The average Bonchev–Trinajstić information content (AvgIpc) is 2.63. The maximum absolute atomic E-state index is 12.7. The fraction of sp³-hybridized carbons (Fsp3) is 0.619. The number of hydrogen-bond donors (Lipinski definition) is 3. The van der Waals surface area contributed by atoms with Crippen LogP contribution >= 0.6 is 11.8 Å². The zero-order valence-corrected chi connectivity index (χ0v) is 16.5. The highest BCUT2D eigenvalue weighted by Gasteiger charge is 2.51. The van der Waals surface area contributed by atoms with Crippen molar-refractivity contribution in [2.45, 2.75) is 49.0 Å². The van der Waals surface area contributed by atoms with Crippen LogP contribution in [0, 0.1) is 17.8 Å². The minimum absolute atomic E-state index is 0.0460. The van der Waals surface area contributed by atoms with Gasteiger partial charge in [-0.1, -0.05) is 12.1 Å². The Hall–Kier alpha value is -1.53. The molecule has 0 radical (unpaired) electrons. The summed E-state index contributed by atoms with van der Waals surface area (Å²) in [5.41, 5.74) is 6.12. The lowest BCUT2D eigenvalue weighted by atomic mass is 9.53. The van der Waals surface area contributed by atoms with E-state index in [0.717, 1.165) is 41.9 Å². The second-order valence-electron chi connectivity index (χ2n) is 8.58. The predicted molar refractivity (Wildman–Crippen MR) is 108 cm³/mol. The number of amides is 2. The minimum atomic E-state index is -0.134. The van der Waals surface area contributed by atoms with Gasteiger partial charge in [0, 0.05) is 23.5 Å². The Labute approximate surface area is 165 Å². The second-order valence-corrected chi connectivity index (χ2v) is 9.59. The van der Waals surface area contributed by atoms with Crippen LogP contribution in [0.3, 0.4) is 0 Å². The SMILES string of the molecule is NCCNC(=O)c1ccccc1SCC(=O)NC12CC3CC(CC(C3)C1)C2. The van der Waals surface area contributed by atoms with Crippen LogP contribution in [0.1, 0.15) is 48.9 Å². The molecule has 0 atom stereocenters. The first kappa shape index (κ1) is 18.8. The summed E-state index contributed by atoms with van der Waals surface area (Å²) >= 11 is 1.44. The van der Waals surface area contributed by atoms with Gasteiger partial charge in [-0.3, -0.25) is 9.59 Å². The van der Waals surface area contributed by atoms with Crippen LogP contribution in [-0.2, 0) is 4.79 Å². The van der Waals surface area contributed by atoms with Gasteiger partial charge in [0.25, 0.3) is 5.91 Å². The van der Waals surface area contributed by atoms with Crippen molar-refractivity contribution >= 4 is 23.6 Å². The summed E-state index contributed by atoms with van der Waals surface area (Å²) in [4.78, 5) is 25.8. The number of carbonyl (C=O) groups excluding carboxylic acids is 2. The van der Waals surface area contributed by atoms with E-state index in [4.69, 9.17) is 5.73 Å². The first-order valence-electron chi connectivity index (χ1n) is 10.1. The van der Waals surface area contributed by atoms with E-state index >= 15 is 0 Å². The molecule has 4 saturated carbocycles. The number of benzene rings is 1. The van der Waals surface area contributed by atoms with E-state index in [1.807, 2.05) is 18.2 Å². The van der Waals surface area contributed by atoms with Crippen molar-refractivity contribution in [3.8, 4) is 0 Å². The van der Waals surface area contributed by atoms with Gasteiger partial charge in [-0.05, 0) is 68.4 Å². The van der Waals surface area contributed by atoms with Gasteiger partial charge in [-0.25, -0.2) is 0 Å². The average molecular weight is 388 g/mol. The number of carbonyl (C=O) groups is 2. The Morgan fingerprint density at radius 1 is 1.07 bits per heavy atom. The van der Waals surface area contributed by atoms with Crippen LogP contribution < -0.4 is 16.4 Å². The maximum atomic E-state index is 12.7. The molecule has 0 unspecified atom stereocenters. The summed E-state index contributed by atoms with van der Waals surface area (Å²) in [6, 6.07) is 7.45. The number of thioether (sulfide) groups is 1. The van der Waals surface area contributed by atoms with Gasteiger partial charge in [0.05, 0.1) is 11.3 Å². The largest absolute Gasteiger partial charge is 0.351 e. The van der Waals surface area contributed by atoms with Crippen LogP contribution in [0.5, 0.6) is 0 Å². The van der Waals surface area contributed by atoms with Crippen molar-refractivity contribution in [1.29, 1.82) is 0 Å². The molecule has 6 heteroatoms. The summed E-state index contributed by atoms with van der Waals surface area (Å²) in [6.45, 7) is 0.860. The van der Waals surface area contributed by atoms with E-state index < -0.39 is 0 Å². The molecule has 0 spiro atoms. The highest BCUT2D eigenvalue weighted by molar-refractivity contribution is 8.00. The Kier molecular flexibility index (Phi) is 5.46. The molecule has 1 aromatic carbocycles. The van der Waals surface area contributed by atoms with Gasteiger partial charge in [-0.2, -0.15) is 0 Å². The summed E-state index contributed by atoms with van der Waals surface area (Å²) in [6.07, 6.45) is 7.59. The van der Waals surface area contributed by atoms with Gasteiger partial charge in [0.15, 0.2) is 0 Å². The summed E-state index contributed by atoms with van der Waals surface area (Å²) in [7, 11) is 0. The first-order valence-corrected chi connectivity index (χ1v) is 11.1. The van der Waals surface area contributed by atoms with Gasteiger partial charge in [0.2, 0.25) is 5.91 Å². The molecular formula is C21H29N3O2S. The van der Waals surface area contributed by atoms with Gasteiger partial charge in [-0.15, -0.1) is 11.8 Å². The lowest BCUT2D eigenvalue weighted by Crippen LogP contribution is -2.60. The van der Waals surface area contributed by atoms with Crippen molar-refractivity contribution < 1.29 is 9.59 Å². The fourth-order valence-corrected chi connectivity index (χ4v) is 6.65. The van der Waals surface area contributed by atoms with Crippen LogP contribution in [0.2, 0.25) is 0 Å². The molecule has 1 aromatic rings. The number of nitrogens with one attached hydrogen (secondary N) is 2. The van der Waals surface area contributed by atoms with Crippen molar-refractivity contribution in [2.75, 3.05) is 18.8 Å². The lowest BCUT2D eigenvalue weighted by Gasteiger charge is -2.56. The molecule has 27 heavy (non-hydrogen) atoms. The fourth-order valence-electron chi connectivity index (χ4n) is 5.80. The lowest BCUT2D eigenvalue weighted by molar-refractivity contribution is -0.124. The van der Waals surface area contributed by atoms with E-state index in [1.54, 1.807) is 6.07 Å². The summed E-state index contributed by atoms with van der Waals surface area (Å²) < 4.78 is 0. The first-order chi connectivity index (χ1) is 13.1. The van der Waals surface area contributed by atoms with E-state index in [1.165, 1.54) is 31.0 Å². The van der Waals surface area contributed by atoms with Crippen molar-refractivity contribution in [2.24, 2.45) is 23.5 Å². The molecule has 0 aromatic heterocycles. The zero-order valence-electron chi connectivity index (χ0n) is 15.7. The molecule has 0 aliphatic heterocycles. The Bertz CT molecular complexity index is 686. The predicted octanol–water partition coefficient (Wildman–Crippen LogP) is 2.55. The monoisotopic (exact) mass is 387 g/mol. The number of hydrogen-bond acceptors (Lipinski definition) is 4. The second kappa shape index (κ2) is 7.84. The summed E-state index contributed by atoms with van der Waals surface area (Å²) in [5.74, 6) is 2.76. The quantitative estimate of drug-likeness (QED) is 0.628. The minimum Gasteiger partial charge on any atom is -0.351 e. The molecule has 0 heterocycles. The third kappa shape index (κ3) is 4.16. The van der Waals surface area contributed by atoms with E-state index in [0.29, 0.717) is 24.4 Å². The van der Waals surface area contributed by atoms with Gasteiger partial charge in [0.1, 0.15) is 0 Å². The van der Waals surface area contributed by atoms with E-state index in [9.17, 15) is 9.59 Å². The van der Waals surface area contributed by atoms with Crippen LogP contribution in [0.4, 0.5) is 0 Å². The molecule has 146 valence electrons. The Morgan fingerprint density at radius 3 is 2.33 bits per heavy atom. The molecule has 0 saturated heterocycles. The molecule has 4 bridgehead atoms. The Balaban J connectivity index is 1.36. The zero-order chi connectivity index (χ0) is 18.9. The van der Waals surface area contributed by atoms with Gasteiger partial charge >= 0.3 is 0 Å². The van der Waals surface area contributed by atoms with Crippen LogP contribution in [0.15, 0.2) is 29.2 Å². The summed E-state index contributed by atoms with van der Waals surface area (Å²) in [5, 5.41) is 6.20. The number of rotatable bonds is 7. The Morgan fingerprint density at radius 2 is 1.70 bits per heavy atom. The van der Waals surface area contributed by atoms with Crippen LogP contribution in [0.25, 0.3) is 0 Å². The van der Waals surface area contributed by atoms with Crippen molar-refractivity contribution in [3.05, 3.63) is 29.8 Å². The molecule has 5 rings (SSSR count). The third-order valence-corrected chi connectivity index (χ3v) is 7.44. The van der Waals surface area contributed by atoms with E-state index in [2.05, 4.69) is 10.6 Å². The van der Waals surface area contributed by atoms with Gasteiger partial charge < -0.3 is 16.4 Å². The molecule has 4 aliphatic carbocycles. The highest BCUT2D eigenvalue weighted by Crippen LogP contribution is 2.55. The van der Waals surface area contributed by atoms with Crippen LogP contribution in [-0.4, -0.2) is 36.2 Å². The smallest absolute Gasteiger partial charge is 0.252 e. The highest BCUT2D eigenvalue weighted by atomic mass is 32.2. The normalized spacial score (nSPS) is 30.9. The molecule has 4 aliphatic rings. The van der Waals surface area contributed by atoms with Crippen molar-refractivity contribution in [1.82, 2.24) is 10.6 Å². The molecule has 5 nitrogen and oxygen atoms in total. The third-order valence-electron chi connectivity index (χ3n) is 6.36. The standard InChI is InChI=1S/C21H29N3O2S/c22-5-6-23-20(26)17-3-1-2-4-18(17)27-13-19(25)24-21-10-14-7-15(11-21)9-16(8-14)12-21/h1-4,14-16H,5-13,22H2,(H,23,26)(H,24,25). The molecule has 2 amide bonds. The molecule has 4 N–H and O–H groups in total. The maximum Gasteiger partial charge on any atom is 0.252 e. The molecular weight excluding hydrogens is 358 g/mol. The van der Waals surface area contributed by atoms with Crippen molar-refractivity contribution in [3.63, 3.8) is 0 Å².